The number of rotatable bonds is 9. The normalized spacial score (nSPS) is 14.1. The summed E-state index contributed by atoms with van der Waals surface area (Å²) in [5.41, 5.74) is 8.44. The highest BCUT2D eigenvalue weighted by molar-refractivity contribution is 5.73. The highest BCUT2D eigenvalue weighted by atomic mass is 16.5. The minimum Gasteiger partial charge on any atom is -0.492 e. The molecule has 0 bridgehead atoms. The molecular formula is C23H26N8O2. The van der Waals surface area contributed by atoms with Gasteiger partial charge in [-0.15, -0.1) is 5.10 Å². The van der Waals surface area contributed by atoms with Gasteiger partial charge >= 0.3 is 0 Å². The van der Waals surface area contributed by atoms with Gasteiger partial charge in [-0.25, -0.2) is 4.52 Å². The van der Waals surface area contributed by atoms with E-state index < -0.39 is 5.91 Å². The molecule has 170 valence electrons. The third-order valence-corrected chi connectivity index (χ3v) is 5.59. The summed E-state index contributed by atoms with van der Waals surface area (Å²) in [6, 6.07) is 13.5. The number of carbonyl (C=O) groups is 1. The molecule has 0 unspecified atom stereocenters. The SMILES string of the molecule is NC(=O)Cn1cc(-c2cccc3nc(Nc4ccc(OCCN5CCCC5)cc4)nn23)cn1. The molecule has 1 aliphatic heterocycles. The van der Waals surface area contributed by atoms with Crippen LogP contribution in [0.1, 0.15) is 12.8 Å². The van der Waals surface area contributed by atoms with Crippen LogP contribution in [-0.4, -0.2) is 61.4 Å². The Morgan fingerprint density at radius 3 is 2.73 bits per heavy atom. The Morgan fingerprint density at radius 2 is 1.94 bits per heavy atom. The van der Waals surface area contributed by atoms with Crippen LogP contribution in [0.3, 0.4) is 0 Å². The summed E-state index contributed by atoms with van der Waals surface area (Å²) in [6.45, 7) is 4.04. The molecule has 1 amide bonds. The summed E-state index contributed by atoms with van der Waals surface area (Å²) in [7, 11) is 0. The number of ether oxygens (including phenoxy) is 1. The Balaban J connectivity index is 1.26. The molecule has 10 nitrogen and oxygen atoms in total. The number of benzene rings is 1. The molecule has 0 spiro atoms. The number of nitrogens with zero attached hydrogens (tertiary/aromatic N) is 6. The Kier molecular flexibility index (Phi) is 5.90. The fourth-order valence-electron chi connectivity index (χ4n) is 3.98. The number of aromatic nitrogens is 5. The number of carbonyl (C=O) groups excluding carboxylic acids is 1. The maximum Gasteiger partial charge on any atom is 0.247 e. The number of fused-ring (bicyclic) bond motifs is 1. The first-order valence-corrected chi connectivity index (χ1v) is 11.0. The minimum absolute atomic E-state index is 0.0259. The molecule has 4 heterocycles. The van der Waals surface area contributed by atoms with E-state index in [4.69, 9.17) is 10.5 Å². The number of pyridine rings is 1. The molecule has 0 aliphatic carbocycles. The highest BCUT2D eigenvalue weighted by Gasteiger charge is 2.12. The second kappa shape index (κ2) is 9.29. The van der Waals surface area contributed by atoms with Crippen LogP contribution in [0, 0.1) is 0 Å². The predicted molar refractivity (Wildman–Crippen MR) is 124 cm³/mol. The molecule has 0 radical (unpaired) electrons. The maximum atomic E-state index is 11.1. The topological polar surface area (TPSA) is 116 Å². The number of likely N-dealkylation sites (tertiary alicyclic amines) is 1. The van der Waals surface area contributed by atoms with Gasteiger partial charge in [-0.3, -0.25) is 14.4 Å². The fraction of sp³-hybridized carbons (Fsp3) is 0.304. The molecule has 1 saturated heterocycles. The lowest BCUT2D eigenvalue weighted by atomic mass is 10.2. The zero-order valence-electron chi connectivity index (χ0n) is 18.2. The molecule has 0 saturated carbocycles. The number of primary amides is 1. The molecule has 5 rings (SSSR count). The average Bonchev–Trinajstić information content (AvgIpc) is 3.55. The first-order valence-electron chi connectivity index (χ1n) is 11.0. The average molecular weight is 447 g/mol. The first kappa shape index (κ1) is 21.0. The van der Waals surface area contributed by atoms with Crippen LogP contribution in [0.15, 0.2) is 54.9 Å². The highest BCUT2D eigenvalue weighted by Crippen LogP contribution is 2.23. The standard InChI is InChI=1S/C23H26N8O2/c24-21(32)16-30-15-17(14-25-30)20-4-3-5-22-27-23(28-31(20)22)26-18-6-8-19(9-7-18)33-13-12-29-10-1-2-11-29/h3-9,14-15H,1-2,10-13,16H2,(H2,24,32)(H,26,28). The summed E-state index contributed by atoms with van der Waals surface area (Å²) in [5, 5.41) is 12.0. The van der Waals surface area contributed by atoms with Crippen molar-refractivity contribution in [1.82, 2.24) is 29.3 Å². The lowest BCUT2D eigenvalue weighted by Gasteiger charge is -2.15. The molecular weight excluding hydrogens is 420 g/mol. The number of nitrogens with two attached hydrogens (primary N) is 1. The van der Waals surface area contributed by atoms with Crippen LogP contribution >= 0.6 is 0 Å². The van der Waals surface area contributed by atoms with Crippen molar-refractivity contribution in [2.75, 3.05) is 31.6 Å². The monoisotopic (exact) mass is 446 g/mol. The zero-order chi connectivity index (χ0) is 22.6. The third-order valence-electron chi connectivity index (χ3n) is 5.59. The van der Waals surface area contributed by atoms with E-state index in [1.165, 1.54) is 30.6 Å². The smallest absolute Gasteiger partial charge is 0.247 e. The van der Waals surface area contributed by atoms with Crippen LogP contribution in [0.2, 0.25) is 0 Å². The second-order valence-corrected chi connectivity index (χ2v) is 8.06. The van der Waals surface area contributed by atoms with Crippen molar-refractivity contribution in [2.24, 2.45) is 5.73 Å². The fourth-order valence-corrected chi connectivity index (χ4v) is 3.98. The second-order valence-electron chi connectivity index (χ2n) is 8.06. The van der Waals surface area contributed by atoms with Crippen molar-refractivity contribution in [3.8, 4) is 17.0 Å². The van der Waals surface area contributed by atoms with Gasteiger partial charge in [0.05, 0.1) is 11.9 Å². The molecule has 0 atom stereocenters. The Hall–Kier alpha value is -3.92. The Morgan fingerprint density at radius 1 is 1.12 bits per heavy atom. The van der Waals surface area contributed by atoms with Crippen LogP contribution in [0.5, 0.6) is 5.75 Å². The summed E-state index contributed by atoms with van der Waals surface area (Å²) >= 11 is 0. The van der Waals surface area contributed by atoms with Crippen molar-refractivity contribution < 1.29 is 9.53 Å². The molecule has 33 heavy (non-hydrogen) atoms. The third kappa shape index (κ3) is 4.96. The number of amides is 1. The number of nitrogens with one attached hydrogen (secondary N) is 1. The van der Waals surface area contributed by atoms with Gasteiger partial charge in [0.15, 0.2) is 5.65 Å². The summed E-state index contributed by atoms with van der Waals surface area (Å²) in [5.74, 6) is 0.880. The van der Waals surface area contributed by atoms with E-state index in [2.05, 4.69) is 25.4 Å². The predicted octanol–water partition coefficient (Wildman–Crippen LogP) is 2.30. The van der Waals surface area contributed by atoms with E-state index in [9.17, 15) is 4.79 Å². The van der Waals surface area contributed by atoms with E-state index in [0.717, 1.165) is 29.2 Å². The molecule has 1 fully saturated rings. The van der Waals surface area contributed by atoms with Crippen molar-refractivity contribution in [2.45, 2.75) is 19.4 Å². The van der Waals surface area contributed by atoms with Gasteiger partial charge in [-0.05, 0) is 62.3 Å². The molecule has 1 aliphatic rings. The van der Waals surface area contributed by atoms with Gasteiger partial charge in [-0.2, -0.15) is 10.1 Å². The van der Waals surface area contributed by atoms with E-state index in [0.29, 0.717) is 18.2 Å². The van der Waals surface area contributed by atoms with E-state index in [1.807, 2.05) is 42.5 Å². The Labute approximate surface area is 191 Å². The number of hydrogen-bond donors (Lipinski definition) is 2. The van der Waals surface area contributed by atoms with Crippen molar-refractivity contribution in [1.29, 1.82) is 0 Å². The van der Waals surface area contributed by atoms with Crippen LogP contribution in [0.25, 0.3) is 16.9 Å². The summed E-state index contributed by atoms with van der Waals surface area (Å²) in [6.07, 6.45) is 6.02. The number of hydrogen-bond acceptors (Lipinski definition) is 7. The van der Waals surface area contributed by atoms with Crippen LogP contribution in [-0.2, 0) is 11.3 Å². The van der Waals surface area contributed by atoms with Crippen molar-refractivity contribution in [3.63, 3.8) is 0 Å². The Bertz CT molecular complexity index is 1240. The van der Waals surface area contributed by atoms with Gasteiger partial charge in [0, 0.05) is 24.0 Å². The van der Waals surface area contributed by atoms with Crippen molar-refractivity contribution in [3.05, 3.63) is 54.9 Å². The van der Waals surface area contributed by atoms with E-state index in [1.54, 1.807) is 16.9 Å². The lowest BCUT2D eigenvalue weighted by molar-refractivity contribution is -0.118. The van der Waals surface area contributed by atoms with Gasteiger partial charge in [-0.1, -0.05) is 6.07 Å². The van der Waals surface area contributed by atoms with E-state index in [-0.39, 0.29) is 6.54 Å². The van der Waals surface area contributed by atoms with Gasteiger partial charge in [0.25, 0.3) is 0 Å². The van der Waals surface area contributed by atoms with Gasteiger partial charge in [0.2, 0.25) is 11.9 Å². The molecule has 10 heteroatoms. The van der Waals surface area contributed by atoms with Crippen LogP contribution in [0.4, 0.5) is 11.6 Å². The molecule has 4 aromatic rings. The molecule has 3 aromatic heterocycles. The largest absolute Gasteiger partial charge is 0.492 e. The minimum atomic E-state index is -0.446. The molecule has 3 N–H and O–H groups in total. The van der Waals surface area contributed by atoms with Crippen molar-refractivity contribution >= 4 is 23.2 Å². The number of anilines is 2. The van der Waals surface area contributed by atoms with Gasteiger partial charge < -0.3 is 15.8 Å². The summed E-state index contributed by atoms with van der Waals surface area (Å²) < 4.78 is 9.11. The zero-order valence-corrected chi connectivity index (χ0v) is 18.2. The summed E-state index contributed by atoms with van der Waals surface area (Å²) in [4.78, 5) is 18.1. The van der Waals surface area contributed by atoms with Gasteiger partial charge in [0.1, 0.15) is 18.9 Å². The lowest BCUT2D eigenvalue weighted by Crippen LogP contribution is -2.25. The first-order chi connectivity index (χ1) is 16.1. The maximum absolute atomic E-state index is 11.1. The van der Waals surface area contributed by atoms with Crippen LogP contribution < -0.4 is 15.8 Å². The quantitative estimate of drug-likeness (QED) is 0.405. The molecule has 1 aromatic carbocycles. The van der Waals surface area contributed by atoms with E-state index >= 15 is 0 Å².